The summed E-state index contributed by atoms with van der Waals surface area (Å²) in [6.45, 7) is 0.232. The second-order valence-electron chi connectivity index (χ2n) is 3.44. The number of pyridine rings is 1. The summed E-state index contributed by atoms with van der Waals surface area (Å²) < 4.78 is 36.8. The van der Waals surface area contributed by atoms with Crippen molar-refractivity contribution in [1.82, 2.24) is 9.71 Å². The van der Waals surface area contributed by atoms with Crippen LogP contribution in [0.25, 0.3) is 0 Å². The van der Waals surface area contributed by atoms with Gasteiger partial charge in [0, 0.05) is 41.7 Å². The fraction of sp³-hybridized carbons (Fsp3) is 0.444. The number of hydrogen-bond acceptors (Lipinski definition) is 5. The zero-order chi connectivity index (χ0) is 12.9. The van der Waals surface area contributed by atoms with Crippen molar-refractivity contribution in [2.45, 2.75) is 11.3 Å². The lowest BCUT2D eigenvalue weighted by Gasteiger charge is -2.07. The normalized spacial score (nSPS) is 13.5. The lowest BCUT2D eigenvalue weighted by atomic mass is 10.4. The van der Waals surface area contributed by atoms with Gasteiger partial charge in [-0.2, -0.15) is 0 Å². The van der Waals surface area contributed by atoms with E-state index in [0.29, 0.717) is 12.2 Å². The van der Waals surface area contributed by atoms with E-state index in [1.165, 1.54) is 18.5 Å². The van der Waals surface area contributed by atoms with E-state index in [9.17, 15) is 12.6 Å². The number of rotatable bonds is 6. The summed E-state index contributed by atoms with van der Waals surface area (Å²) in [5.74, 6) is 0.463. The van der Waals surface area contributed by atoms with Crippen LogP contribution in [-0.2, 0) is 20.8 Å². The number of nitrogen functional groups attached to an aromatic ring is 1. The standard InChI is InChI=1S/C9H15N3O3S2/c1-16(13)6-2-4-12-17(14,15)9-7-11-5-3-8(9)10/h3,5,7,12H,2,4,6H2,1H3,(H2,10,11). The summed E-state index contributed by atoms with van der Waals surface area (Å²) in [5.41, 5.74) is 5.71. The van der Waals surface area contributed by atoms with Crippen molar-refractivity contribution >= 4 is 26.5 Å². The molecule has 0 aliphatic rings. The lowest BCUT2D eigenvalue weighted by molar-refractivity contribution is 0.580. The first-order valence-electron chi connectivity index (χ1n) is 4.92. The Morgan fingerprint density at radius 2 is 2.24 bits per heavy atom. The number of aromatic nitrogens is 1. The van der Waals surface area contributed by atoms with E-state index in [4.69, 9.17) is 5.73 Å². The van der Waals surface area contributed by atoms with Gasteiger partial charge in [-0.25, -0.2) is 13.1 Å². The van der Waals surface area contributed by atoms with Gasteiger partial charge in [0.25, 0.3) is 0 Å². The Balaban J connectivity index is 2.64. The van der Waals surface area contributed by atoms with Gasteiger partial charge in [0.15, 0.2) is 0 Å². The van der Waals surface area contributed by atoms with E-state index in [2.05, 4.69) is 9.71 Å². The van der Waals surface area contributed by atoms with Crippen molar-refractivity contribution in [2.24, 2.45) is 0 Å². The third kappa shape index (κ3) is 4.41. The molecule has 1 aromatic heterocycles. The average molecular weight is 277 g/mol. The summed E-state index contributed by atoms with van der Waals surface area (Å²) in [7, 11) is -4.54. The largest absolute Gasteiger partial charge is 0.398 e. The van der Waals surface area contributed by atoms with Gasteiger partial charge in [-0.15, -0.1) is 0 Å². The molecule has 3 N–H and O–H groups in total. The van der Waals surface area contributed by atoms with Gasteiger partial charge in [0.05, 0.1) is 5.69 Å². The van der Waals surface area contributed by atoms with E-state index in [1.807, 2.05) is 0 Å². The fourth-order valence-corrected chi connectivity index (χ4v) is 2.87. The van der Waals surface area contributed by atoms with E-state index >= 15 is 0 Å². The van der Waals surface area contributed by atoms with Gasteiger partial charge in [0.2, 0.25) is 10.0 Å². The summed E-state index contributed by atoms with van der Waals surface area (Å²) in [5, 5.41) is 0. The summed E-state index contributed by atoms with van der Waals surface area (Å²) in [6.07, 6.45) is 4.72. The molecule has 0 aliphatic carbocycles. The maximum Gasteiger partial charge on any atom is 0.244 e. The molecular formula is C9H15N3O3S2. The number of nitrogens with two attached hydrogens (primary N) is 1. The number of sulfonamides is 1. The Morgan fingerprint density at radius 1 is 1.53 bits per heavy atom. The zero-order valence-corrected chi connectivity index (χ0v) is 11.1. The molecule has 0 aromatic carbocycles. The molecule has 0 radical (unpaired) electrons. The molecule has 0 fully saturated rings. The van der Waals surface area contributed by atoms with Crippen LogP contribution in [0, 0.1) is 0 Å². The Labute approximate surface area is 103 Å². The van der Waals surface area contributed by atoms with Crippen LogP contribution in [0.15, 0.2) is 23.4 Å². The summed E-state index contributed by atoms with van der Waals surface area (Å²) in [4.78, 5) is 3.69. The minimum Gasteiger partial charge on any atom is -0.398 e. The first kappa shape index (κ1) is 14.1. The number of nitrogens with one attached hydrogen (secondary N) is 1. The zero-order valence-electron chi connectivity index (χ0n) is 9.42. The average Bonchev–Trinajstić information content (AvgIpc) is 2.24. The van der Waals surface area contributed by atoms with E-state index < -0.39 is 20.8 Å². The molecule has 0 bridgehead atoms. The Morgan fingerprint density at radius 3 is 2.82 bits per heavy atom. The summed E-state index contributed by atoms with van der Waals surface area (Å²) in [6, 6.07) is 1.43. The van der Waals surface area contributed by atoms with E-state index in [1.54, 1.807) is 6.26 Å². The van der Waals surface area contributed by atoms with Crippen LogP contribution in [0.4, 0.5) is 5.69 Å². The van der Waals surface area contributed by atoms with Crippen LogP contribution >= 0.6 is 0 Å². The third-order valence-corrected chi connectivity index (χ3v) is 4.37. The van der Waals surface area contributed by atoms with Gasteiger partial charge in [0.1, 0.15) is 4.90 Å². The maximum absolute atomic E-state index is 11.8. The van der Waals surface area contributed by atoms with E-state index in [0.717, 1.165) is 0 Å². The van der Waals surface area contributed by atoms with Gasteiger partial charge < -0.3 is 5.73 Å². The van der Waals surface area contributed by atoms with Crippen molar-refractivity contribution in [3.63, 3.8) is 0 Å². The first-order valence-corrected chi connectivity index (χ1v) is 8.13. The predicted molar refractivity (Wildman–Crippen MR) is 67.4 cm³/mol. The monoisotopic (exact) mass is 277 g/mol. The molecule has 0 saturated carbocycles. The highest BCUT2D eigenvalue weighted by Gasteiger charge is 2.16. The quantitative estimate of drug-likeness (QED) is 0.696. The fourth-order valence-electron chi connectivity index (χ4n) is 1.17. The van der Waals surface area contributed by atoms with Crippen molar-refractivity contribution in [2.75, 3.05) is 24.3 Å². The first-order chi connectivity index (χ1) is 7.93. The molecule has 96 valence electrons. The van der Waals surface area contributed by atoms with Crippen LogP contribution in [0.3, 0.4) is 0 Å². The van der Waals surface area contributed by atoms with E-state index in [-0.39, 0.29) is 17.1 Å². The maximum atomic E-state index is 11.8. The molecule has 0 spiro atoms. The minimum absolute atomic E-state index is 0.0300. The second kappa shape index (κ2) is 6.08. The topological polar surface area (TPSA) is 102 Å². The van der Waals surface area contributed by atoms with Gasteiger partial charge >= 0.3 is 0 Å². The van der Waals surface area contributed by atoms with Crippen LogP contribution in [0.5, 0.6) is 0 Å². The SMILES string of the molecule is CS(=O)CCCNS(=O)(=O)c1cnccc1N. The van der Waals surface area contributed by atoms with Crippen molar-refractivity contribution in [1.29, 1.82) is 0 Å². The van der Waals surface area contributed by atoms with Crippen LogP contribution in [0.2, 0.25) is 0 Å². The van der Waals surface area contributed by atoms with Crippen LogP contribution in [0.1, 0.15) is 6.42 Å². The molecule has 8 heteroatoms. The molecule has 6 nitrogen and oxygen atoms in total. The van der Waals surface area contributed by atoms with Crippen molar-refractivity contribution in [3.05, 3.63) is 18.5 Å². The molecular weight excluding hydrogens is 262 g/mol. The smallest absolute Gasteiger partial charge is 0.244 e. The molecule has 17 heavy (non-hydrogen) atoms. The van der Waals surface area contributed by atoms with Gasteiger partial charge in [-0.05, 0) is 12.5 Å². The number of nitrogens with zero attached hydrogens (tertiary/aromatic N) is 1. The predicted octanol–water partition coefficient (Wildman–Crippen LogP) is -0.289. The molecule has 1 heterocycles. The van der Waals surface area contributed by atoms with Crippen LogP contribution < -0.4 is 10.5 Å². The highest BCUT2D eigenvalue weighted by Crippen LogP contribution is 2.14. The molecule has 1 rings (SSSR count). The third-order valence-electron chi connectivity index (χ3n) is 2.01. The number of anilines is 1. The molecule has 0 saturated heterocycles. The molecule has 1 aromatic rings. The number of hydrogen-bond donors (Lipinski definition) is 2. The van der Waals surface area contributed by atoms with Crippen LogP contribution in [-0.4, -0.2) is 36.2 Å². The Hall–Kier alpha value is -0.990. The molecule has 0 amide bonds. The van der Waals surface area contributed by atoms with Crippen molar-refractivity contribution < 1.29 is 12.6 Å². The van der Waals surface area contributed by atoms with Gasteiger partial charge in [-0.3, -0.25) is 9.19 Å². The van der Waals surface area contributed by atoms with Crippen molar-refractivity contribution in [3.8, 4) is 0 Å². The second-order valence-corrected chi connectivity index (χ2v) is 6.73. The lowest BCUT2D eigenvalue weighted by Crippen LogP contribution is -2.26. The summed E-state index contributed by atoms with van der Waals surface area (Å²) >= 11 is 0. The molecule has 0 aliphatic heterocycles. The minimum atomic E-state index is -3.63. The molecule has 1 atom stereocenters. The van der Waals surface area contributed by atoms with Gasteiger partial charge in [-0.1, -0.05) is 0 Å². The molecule has 1 unspecified atom stereocenters. The highest BCUT2D eigenvalue weighted by molar-refractivity contribution is 7.89. The Kier molecular flexibility index (Phi) is 5.03. The highest BCUT2D eigenvalue weighted by atomic mass is 32.2. The Bertz CT molecular complexity index is 502.